The second-order valence-corrected chi connectivity index (χ2v) is 5.52. The summed E-state index contributed by atoms with van der Waals surface area (Å²) < 4.78 is 5.50. The van der Waals surface area contributed by atoms with E-state index in [0.717, 1.165) is 36.5 Å². The van der Waals surface area contributed by atoms with Crippen LogP contribution in [0.25, 0.3) is 10.8 Å². The monoisotopic (exact) mass is 264 g/mol. The highest BCUT2D eigenvalue weighted by atomic mass is 32.1. The van der Waals surface area contributed by atoms with Crippen LogP contribution in [0.1, 0.15) is 18.5 Å². The van der Waals surface area contributed by atoms with Crippen LogP contribution in [0.5, 0.6) is 0 Å². The van der Waals surface area contributed by atoms with E-state index < -0.39 is 0 Å². The molecule has 1 saturated heterocycles. The van der Waals surface area contributed by atoms with Gasteiger partial charge < -0.3 is 9.52 Å². The zero-order valence-corrected chi connectivity index (χ0v) is 10.9. The number of hydrogen-bond acceptors (Lipinski definition) is 5. The van der Waals surface area contributed by atoms with Gasteiger partial charge in [-0.15, -0.1) is 11.3 Å². The van der Waals surface area contributed by atoms with Crippen molar-refractivity contribution in [3.8, 4) is 10.8 Å². The minimum atomic E-state index is 0.232. The van der Waals surface area contributed by atoms with Gasteiger partial charge in [-0.25, -0.2) is 4.98 Å². The Morgan fingerprint density at radius 2 is 2.50 bits per heavy atom. The molecule has 1 unspecified atom stereocenters. The summed E-state index contributed by atoms with van der Waals surface area (Å²) in [5.41, 5.74) is 0.943. The van der Waals surface area contributed by atoms with Crippen LogP contribution in [0.2, 0.25) is 0 Å². The van der Waals surface area contributed by atoms with Crippen LogP contribution in [0.15, 0.2) is 28.2 Å². The third-order valence-corrected chi connectivity index (χ3v) is 4.22. The molecule has 2 aromatic heterocycles. The first-order valence-electron chi connectivity index (χ1n) is 6.20. The first-order valence-corrected chi connectivity index (χ1v) is 7.08. The average Bonchev–Trinajstić information content (AvgIpc) is 3.10. The van der Waals surface area contributed by atoms with E-state index in [-0.39, 0.29) is 12.6 Å². The van der Waals surface area contributed by atoms with Gasteiger partial charge in [-0.05, 0) is 30.8 Å². The van der Waals surface area contributed by atoms with E-state index in [2.05, 4.69) is 9.88 Å². The number of aliphatic hydroxyl groups is 1. The van der Waals surface area contributed by atoms with Crippen LogP contribution in [0, 0.1) is 0 Å². The lowest BCUT2D eigenvalue weighted by atomic mass is 10.2. The van der Waals surface area contributed by atoms with E-state index in [9.17, 15) is 5.11 Å². The molecule has 0 amide bonds. The van der Waals surface area contributed by atoms with Crippen molar-refractivity contribution in [2.45, 2.75) is 25.4 Å². The molecule has 1 aliphatic heterocycles. The second kappa shape index (κ2) is 5.22. The fourth-order valence-corrected chi connectivity index (χ4v) is 3.07. The minimum absolute atomic E-state index is 0.232. The summed E-state index contributed by atoms with van der Waals surface area (Å²) in [6.07, 6.45) is 3.95. The molecule has 1 aliphatic rings. The van der Waals surface area contributed by atoms with Gasteiger partial charge >= 0.3 is 0 Å². The number of aliphatic hydroxyl groups excluding tert-OH is 1. The molecule has 2 aromatic rings. The van der Waals surface area contributed by atoms with E-state index >= 15 is 0 Å². The Morgan fingerprint density at radius 3 is 3.28 bits per heavy atom. The maximum absolute atomic E-state index is 9.29. The smallest absolute Gasteiger partial charge is 0.236 e. The zero-order valence-electron chi connectivity index (χ0n) is 10.1. The molecule has 18 heavy (non-hydrogen) atoms. The van der Waals surface area contributed by atoms with Crippen molar-refractivity contribution in [1.29, 1.82) is 0 Å². The van der Waals surface area contributed by atoms with Gasteiger partial charge in [0.15, 0.2) is 0 Å². The highest BCUT2D eigenvalue weighted by Gasteiger charge is 2.24. The summed E-state index contributed by atoms with van der Waals surface area (Å²) in [5.74, 6) is 0.694. The molecule has 3 heterocycles. The Kier molecular flexibility index (Phi) is 3.45. The van der Waals surface area contributed by atoms with Crippen LogP contribution >= 0.6 is 11.3 Å². The number of thiophene rings is 1. The number of rotatable bonds is 4. The van der Waals surface area contributed by atoms with Gasteiger partial charge in [0.05, 0.1) is 17.2 Å². The molecule has 0 spiro atoms. The van der Waals surface area contributed by atoms with Crippen molar-refractivity contribution in [3.63, 3.8) is 0 Å². The summed E-state index contributed by atoms with van der Waals surface area (Å²) in [6.45, 7) is 2.03. The molecule has 1 atom stereocenters. The molecule has 96 valence electrons. The molecule has 0 bridgehead atoms. The van der Waals surface area contributed by atoms with E-state index in [1.54, 1.807) is 17.6 Å². The molecule has 1 fully saturated rings. The average molecular weight is 264 g/mol. The Bertz CT molecular complexity index is 495. The predicted molar refractivity (Wildman–Crippen MR) is 70.3 cm³/mol. The van der Waals surface area contributed by atoms with E-state index in [1.165, 1.54) is 0 Å². The van der Waals surface area contributed by atoms with E-state index in [1.807, 2.05) is 17.5 Å². The number of hydrogen-bond donors (Lipinski definition) is 1. The highest BCUT2D eigenvalue weighted by molar-refractivity contribution is 7.13. The van der Waals surface area contributed by atoms with Crippen LogP contribution in [-0.2, 0) is 6.54 Å². The summed E-state index contributed by atoms with van der Waals surface area (Å²) >= 11 is 1.63. The Labute approximate surface area is 110 Å². The fourth-order valence-electron chi connectivity index (χ4n) is 2.41. The minimum Gasteiger partial charge on any atom is -0.444 e. The lowest BCUT2D eigenvalue weighted by Gasteiger charge is -2.20. The molecule has 0 radical (unpaired) electrons. The van der Waals surface area contributed by atoms with E-state index in [0.29, 0.717) is 5.89 Å². The van der Waals surface area contributed by atoms with Gasteiger partial charge in [-0.1, -0.05) is 6.07 Å². The summed E-state index contributed by atoms with van der Waals surface area (Å²) in [6, 6.07) is 4.28. The maximum Gasteiger partial charge on any atom is 0.236 e. The quantitative estimate of drug-likeness (QED) is 0.921. The number of oxazole rings is 1. The maximum atomic E-state index is 9.29. The molecule has 0 saturated carbocycles. The molecular formula is C13H16N2O2S. The van der Waals surface area contributed by atoms with Gasteiger partial charge in [0.25, 0.3) is 0 Å². The van der Waals surface area contributed by atoms with Gasteiger partial charge in [0.1, 0.15) is 6.26 Å². The van der Waals surface area contributed by atoms with Gasteiger partial charge in [0, 0.05) is 12.6 Å². The molecule has 0 aliphatic carbocycles. The van der Waals surface area contributed by atoms with Crippen molar-refractivity contribution in [2.75, 3.05) is 13.2 Å². The molecule has 3 rings (SSSR count). The fraction of sp³-hybridized carbons (Fsp3) is 0.462. The normalized spacial score (nSPS) is 20.6. The Morgan fingerprint density at radius 1 is 1.56 bits per heavy atom. The van der Waals surface area contributed by atoms with Crippen molar-refractivity contribution < 1.29 is 9.52 Å². The summed E-state index contributed by atoms with van der Waals surface area (Å²) in [4.78, 5) is 7.84. The molecule has 4 nitrogen and oxygen atoms in total. The lowest BCUT2D eigenvalue weighted by Crippen LogP contribution is -2.31. The largest absolute Gasteiger partial charge is 0.444 e. The zero-order chi connectivity index (χ0) is 12.4. The predicted octanol–water partition coefficient (Wildman–Crippen LogP) is 2.36. The third-order valence-electron chi connectivity index (χ3n) is 3.36. The van der Waals surface area contributed by atoms with Crippen LogP contribution in [-0.4, -0.2) is 34.2 Å². The summed E-state index contributed by atoms with van der Waals surface area (Å²) in [7, 11) is 0. The second-order valence-electron chi connectivity index (χ2n) is 4.57. The molecular weight excluding hydrogens is 248 g/mol. The molecule has 1 N–H and O–H groups in total. The number of aromatic nitrogens is 1. The van der Waals surface area contributed by atoms with Gasteiger partial charge in [-0.3, -0.25) is 4.90 Å². The Hall–Kier alpha value is -1.17. The standard InChI is InChI=1S/C13H16N2O2S/c16-8-11-3-1-5-15(11)7-10-9-17-13(14-10)12-4-2-6-18-12/h2,4,6,9,11,16H,1,3,5,7-8H2. The van der Waals surface area contributed by atoms with Crippen LogP contribution in [0.3, 0.4) is 0 Å². The molecule has 0 aromatic carbocycles. The number of likely N-dealkylation sites (tertiary alicyclic amines) is 1. The highest BCUT2D eigenvalue weighted by Crippen LogP contribution is 2.25. The van der Waals surface area contributed by atoms with Crippen LogP contribution < -0.4 is 0 Å². The van der Waals surface area contributed by atoms with Crippen molar-refractivity contribution in [2.24, 2.45) is 0 Å². The van der Waals surface area contributed by atoms with Crippen molar-refractivity contribution in [1.82, 2.24) is 9.88 Å². The first kappa shape index (κ1) is 11.9. The summed E-state index contributed by atoms with van der Waals surface area (Å²) in [5, 5.41) is 11.3. The van der Waals surface area contributed by atoms with Gasteiger partial charge in [-0.2, -0.15) is 0 Å². The van der Waals surface area contributed by atoms with Crippen molar-refractivity contribution >= 4 is 11.3 Å². The SMILES string of the molecule is OCC1CCCN1Cc1coc(-c2cccs2)n1. The lowest BCUT2D eigenvalue weighted by molar-refractivity contribution is 0.152. The molecule has 5 heteroatoms. The van der Waals surface area contributed by atoms with Crippen LogP contribution in [0.4, 0.5) is 0 Å². The Balaban J connectivity index is 1.70. The van der Waals surface area contributed by atoms with E-state index in [4.69, 9.17) is 4.42 Å². The third kappa shape index (κ3) is 2.34. The first-order chi connectivity index (χ1) is 8.86. The van der Waals surface area contributed by atoms with Gasteiger partial charge in [0.2, 0.25) is 5.89 Å². The van der Waals surface area contributed by atoms with Crippen molar-refractivity contribution in [3.05, 3.63) is 29.5 Å². The number of nitrogens with zero attached hydrogens (tertiary/aromatic N) is 2. The topological polar surface area (TPSA) is 49.5 Å².